The van der Waals surface area contributed by atoms with Crippen molar-refractivity contribution in [1.29, 1.82) is 5.26 Å². The molecule has 1 saturated heterocycles. The van der Waals surface area contributed by atoms with Crippen molar-refractivity contribution in [2.24, 2.45) is 5.92 Å². The number of alkyl halides is 3. The van der Waals surface area contributed by atoms with Crippen molar-refractivity contribution in [2.75, 3.05) is 6.54 Å². The van der Waals surface area contributed by atoms with Crippen LogP contribution in [0.1, 0.15) is 58.8 Å². The fraction of sp³-hybridized carbons (Fsp3) is 0.375. The number of nitriles is 1. The fourth-order valence-corrected chi connectivity index (χ4v) is 4.25. The summed E-state index contributed by atoms with van der Waals surface area (Å²) in [5.41, 5.74) is -0.456. The van der Waals surface area contributed by atoms with E-state index in [1.165, 1.54) is 11.0 Å². The molecule has 2 fully saturated rings. The molecule has 0 bridgehead atoms. The predicted molar refractivity (Wildman–Crippen MR) is 110 cm³/mol. The van der Waals surface area contributed by atoms with Gasteiger partial charge in [-0.1, -0.05) is 12.1 Å². The number of amides is 2. The first-order chi connectivity index (χ1) is 15.7. The smallest absolute Gasteiger partial charge is 0.347 e. The third kappa shape index (κ3) is 4.85. The van der Waals surface area contributed by atoms with Gasteiger partial charge in [-0.15, -0.1) is 0 Å². The van der Waals surface area contributed by atoms with E-state index in [0.717, 1.165) is 25.0 Å². The highest BCUT2D eigenvalue weighted by molar-refractivity contribution is 5.98. The molecule has 33 heavy (non-hydrogen) atoms. The molecular weight excluding hydrogens is 438 g/mol. The van der Waals surface area contributed by atoms with E-state index in [0.29, 0.717) is 36.6 Å². The number of hydrogen-bond acceptors (Lipinski definition) is 3. The normalized spacial score (nSPS) is 19.1. The van der Waals surface area contributed by atoms with Crippen LogP contribution in [0, 0.1) is 23.1 Å². The van der Waals surface area contributed by atoms with Crippen LogP contribution in [-0.2, 0) is 11.0 Å². The zero-order chi connectivity index (χ0) is 23.8. The van der Waals surface area contributed by atoms with E-state index in [1.807, 2.05) is 6.07 Å². The SMILES string of the molecule is N#Cc1cccc(C(=O)N2CCC[C@@H]2C(=O)N[C@@H](c2ccc(C(F)(F)F)cc2F)C2CC2)c1. The predicted octanol–water partition coefficient (Wildman–Crippen LogP) is 4.59. The quantitative estimate of drug-likeness (QED) is 0.665. The molecule has 2 aromatic rings. The summed E-state index contributed by atoms with van der Waals surface area (Å²) in [6.07, 6.45) is -2.20. The van der Waals surface area contributed by atoms with Gasteiger partial charge in [0.2, 0.25) is 5.91 Å². The Morgan fingerprint density at radius 2 is 1.88 bits per heavy atom. The topological polar surface area (TPSA) is 73.2 Å². The summed E-state index contributed by atoms with van der Waals surface area (Å²) >= 11 is 0. The van der Waals surface area contributed by atoms with Gasteiger partial charge in [-0.25, -0.2) is 4.39 Å². The van der Waals surface area contributed by atoms with Crippen LogP contribution < -0.4 is 5.32 Å². The zero-order valence-electron chi connectivity index (χ0n) is 17.5. The molecule has 1 heterocycles. The average Bonchev–Trinajstić information content (AvgIpc) is 3.51. The van der Waals surface area contributed by atoms with E-state index in [4.69, 9.17) is 5.26 Å². The second kappa shape index (κ2) is 8.85. The average molecular weight is 459 g/mol. The minimum absolute atomic E-state index is 0.0106. The largest absolute Gasteiger partial charge is 0.416 e. The number of benzene rings is 2. The van der Waals surface area contributed by atoms with Crippen molar-refractivity contribution in [2.45, 2.75) is 43.9 Å². The molecule has 1 saturated carbocycles. The highest BCUT2D eigenvalue weighted by Crippen LogP contribution is 2.43. The number of carbonyl (C=O) groups excluding carboxylic acids is 2. The molecule has 1 aliphatic carbocycles. The summed E-state index contributed by atoms with van der Waals surface area (Å²) in [5, 5.41) is 11.9. The van der Waals surface area contributed by atoms with Crippen LogP contribution in [0.2, 0.25) is 0 Å². The highest BCUT2D eigenvalue weighted by Gasteiger charge is 2.40. The van der Waals surface area contributed by atoms with Gasteiger partial charge in [-0.05, 0) is 61.9 Å². The van der Waals surface area contributed by atoms with Gasteiger partial charge >= 0.3 is 6.18 Å². The van der Waals surface area contributed by atoms with Crippen molar-refractivity contribution < 1.29 is 27.2 Å². The van der Waals surface area contributed by atoms with E-state index in [9.17, 15) is 27.2 Å². The number of nitrogens with one attached hydrogen (secondary N) is 1. The van der Waals surface area contributed by atoms with E-state index in [2.05, 4.69) is 5.32 Å². The number of likely N-dealkylation sites (tertiary alicyclic amines) is 1. The monoisotopic (exact) mass is 459 g/mol. The molecule has 1 N–H and O–H groups in total. The third-order valence-electron chi connectivity index (χ3n) is 6.11. The van der Waals surface area contributed by atoms with Crippen LogP contribution >= 0.6 is 0 Å². The summed E-state index contributed by atoms with van der Waals surface area (Å²) in [7, 11) is 0. The Bertz CT molecular complexity index is 1120. The lowest BCUT2D eigenvalue weighted by atomic mass is 9.99. The Balaban J connectivity index is 1.53. The molecule has 0 unspecified atom stereocenters. The van der Waals surface area contributed by atoms with E-state index in [1.54, 1.807) is 18.2 Å². The molecule has 2 atom stereocenters. The van der Waals surface area contributed by atoms with E-state index < -0.39 is 35.5 Å². The summed E-state index contributed by atoms with van der Waals surface area (Å²) in [6, 6.07) is 8.96. The number of carbonyl (C=O) groups is 2. The van der Waals surface area contributed by atoms with Gasteiger partial charge in [0.05, 0.1) is 23.2 Å². The van der Waals surface area contributed by atoms with Crippen molar-refractivity contribution >= 4 is 11.8 Å². The fourth-order valence-electron chi connectivity index (χ4n) is 4.25. The van der Waals surface area contributed by atoms with Crippen molar-refractivity contribution in [3.63, 3.8) is 0 Å². The molecule has 4 rings (SSSR count). The van der Waals surface area contributed by atoms with Crippen LogP contribution in [0.5, 0.6) is 0 Å². The van der Waals surface area contributed by atoms with Crippen molar-refractivity contribution in [3.05, 3.63) is 70.5 Å². The molecule has 2 amide bonds. The summed E-state index contributed by atoms with van der Waals surface area (Å²) < 4.78 is 53.3. The van der Waals surface area contributed by atoms with Gasteiger partial charge in [0.15, 0.2) is 0 Å². The van der Waals surface area contributed by atoms with Crippen LogP contribution in [0.25, 0.3) is 0 Å². The molecule has 9 heteroatoms. The number of nitrogens with zero attached hydrogens (tertiary/aromatic N) is 2. The third-order valence-corrected chi connectivity index (χ3v) is 6.11. The number of halogens is 4. The minimum Gasteiger partial charge on any atom is -0.347 e. The number of hydrogen-bond donors (Lipinski definition) is 1. The summed E-state index contributed by atoms with van der Waals surface area (Å²) in [6.45, 7) is 0.358. The van der Waals surface area contributed by atoms with Gasteiger partial charge in [-0.2, -0.15) is 18.4 Å². The zero-order valence-corrected chi connectivity index (χ0v) is 17.5. The first-order valence-electron chi connectivity index (χ1n) is 10.7. The molecule has 172 valence electrons. The van der Waals surface area contributed by atoms with Crippen LogP contribution in [0.15, 0.2) is 42.5 Å². The molecule has 2 aromatic carbocycles. The molecule has 1 aliphatic heterocycles. The molecule has 5 nitrogen and oxygen atoms in total. The molecular formula is C24H21F4N3O2. The lowest BCUT2D eigenvalue weighted by Gasteiger charge is -2.27. The van der Waals surface area contributed by atoms with Gasteiger partial charge in [0, 0.05) is 17.7 Å². The van der Waals surface area contributed by atoms with E-state index >= 15 is 0 Å². The van der Waals surface area contributed by atoms with Crippen molar-refractivity contribution in [1.82, 2.24) is 10.2 Å². The summed E-state index contributed by atoms with van der Waals surface area (Å²) in [4.78, 5) is 27.5. The Kier molecular flexibility index (Phi) is 6.11. The van der Waals surface area contributed by atoms with Gasteiger partial charge in [0.25, 0.3) is 5.91 Å². The molecule has 2 aliphatic rings. The van der Waals surface area contributed by atoms with Crippen molar-refractivity contribution in [3.8, 4) is 6.07 Å². The first kappa shape index (κ1) is 22.8. The maximum absolute atomic E-state index is 14.6. The lowest BCUT2D eigenvalue weighted by Crippen LogP contribution is -2.47. The van der Waals surface area contributed by atoms with Crippen LogP contribution in [0.4, 0.5) is 17.6 Å². The first-order valence-corrected chi connectivity index (χ1v) is 10.7. The standard InChI is InChI=1S/C24H21F4N3O2/c25-19-12-17(24(26,27)28)8-9-18(19)21(15-6-7-15)30-22(32)20-5-2-10-31(20)23(33)16-4-1-3-14(11-16)13-29/h1,3-4,8-9,11-12,15,20-21H,2,5-7,10H2,(H,30,32)/t20-,21-/m1/s1. The maximum atomic E-state index is 14.6. The van der Waals surface area contributed by atoms with Gasteiger partial charge in [0.1, 0.15) is 11.9 Å². The van der Waals surface area contributed by atoms with Crippen LogP contribution in [-0.4, -0.2) is 29.3 Å². The highest BCUT2D eigenvalue weighted by atomic mass is 19.4. The number of rotatable bonds is 5. The minimum atomic E-state index is -4.66. The van der Waals surface area contributed by atoms with Gasteiger partial charge in [-0.3, -0.25) is 9.59 Å². The Morgan fingerprint density at radius 3 is 2.52 bits per heavy atom. The maximum Gasteiger partial charge on any atom is 0.416 e. The summed E-state index contributed by atoms with van der Waals surface area (Å²) in [5.74, 6) is -1.94. The molecule has 0 radical (unpaired) electrons. The Labute approximate surface area is 188 Å². The second-order valence-electron chi connectivity index (χ2n) is 8.41. The molecule has 0 spiro atoms. The van der Waals surface area contributed by atoms with Crippen LogP contribution in [0.3, 0.4) is 0 Å². The Morgan fingerprint density at radius 1 is 1.12 bits per heavy atom. The molecule has 0 aromatic heterocycles. The van der Waals surface area contributed by atoms with E-state index in [-0.39, 0.29) is 17.4 Å². The Hall–Kier alpha value is -3.41. The lowest BCUT2D eigenvalue weighted by molar-refractivity contribution is -0.137. The van der Waals surface area contributed by atoms with Gasteiger partial charge < -0.3 is 10.2 Å². The second-order valence-corrected chi connectivity index (χ2v) is 8.41.